The van der Waals surface area contributed by atoms with Crippen molar-refractivity contribution in [3.05, 3.63) is 62.7 Å². The van der Waals surface area contributed by atoms with Gasteiger partial charge in [0, 0.05) is 6.07 Å². The van der Waals surface area contributed by atoms with Crippen LogP contribution >= 0.6 is 11.8 Å². The van der Waals surface area contributed by atoms with E-state index in [0.29, 0.717) is 21.8 Å². The quantitative estimate of drug-likeness (QED) is 0.490. The van der Waals surface area contributed by atoms with Gasteiger partial charge in [0.25, 0.3) is 11.4 Å². The fourth-order valence-electron chi connectivity index (χ4n) is 2.23. The molecule has 1 heterocycles. The third-order valence-corrected chi connectivity index (χ3v) is 4.35. The number of nitro groups is 2. The van der Waals surface area contributed by atoms with E-state index in [-0.39, 0.29) is 15.6 Å². The molecule has 0 aliphatic heterocycles. The molecule has 0 atom stereocenters. The molecule has 3 aromatic rings. The number of halogens is 2. The monoisotopic (exact) mass is 366 g/mol. The van der Waals surface area contributed by atoms with Gasteiger partial charge in [-0.2, -0.15) is 8.78 Å². The molecule has 0 aliphatic rings. The van der Waals surface area contributed by atoms with Gasteiger partial charge in [0.1, 0.15) is 0 Å². The molecule has 3 rings (SSSR count). The van der Waals surface area contributed by atoms with Crippen molar-refractivity contribution in [2.45, 2.75) is 16.6 Å². The standard InChI is InChI=1S/C14H8F2N4O4S/c15-13(16)18-10-4-2-1-3-9(10)17-14(18)25-12-6-5-8(19(21)22)7-11(12)20(23)24/h1-7,13H. The minimum Gasteiger partial charge on any atom is -0.261 e. The van der Waals surface area contributed by atoms with Crippen LogP contribution in [0.3, 0.4) is 0 Å². The van der Waals surface area contributed by atoms with Gasteiger partial charge < -0.3 is 0 Å². The van der Waals surface area contributed by atoms with Gasteiger partial charge in [0.2, 0.25) is 0 Å². The van der Waals surface area contributed by atoms with Crippen LogP contribution < -0.4 is 0 Å². The number of hydrogen-bond donors (Lipinski definition) is 0. The summed E-state index contributed by atoms with van der Waals surface area (Å²) in [6.45, 7) is -2.90. The van der Waals surface area contributed by atoms with E-state index in [2.05, 4.69) is 4.98 Å². The number of rotatable bonds is 5. The van der Waals surface area contributed by atoms with Crippen LogP contribution in [-0.4, -0.2) is 19.4 Å². The normalized spacial score (nSPS) is 11.2. The van der Waals surface area contributed by atoms with E-state index in [9.17, 15) is 29.0 Å². The first-order valence-electron chi connectivity index (χ1n) is 6.74. The van der Waals surface area contributed by atoms with E-state index in [1.165, 1.54) is 6.07 Å². The highest BCUT2D eigenvalue weighted by Crippen LogP contribution is 2.39. The molecule has 1 aromatic heterocycles. The maximum atomic E-state index is 13.4. The van der Waals surface area contributed by atoms with Gasteiger partial charge in [-0.15, -0.1) is 0 Å². The average Bonchev–Trinajstić information content (AvgIpc) is 2.92. The van der Waals surface area contributed by atoms with Gasteiger partial charge in [-0.3, -0.25) is 24.8 Å². The van der Waals surface area contributed by atoms with Gasteiger partial charge in [0.05, 0.1) is 31.8 Å². The first kappa shape index (κ1) is 16.8. The zero-order valence-electron chi connectivity index (χ0n) is 12.2. The summed E-state index contributed by atoms with van der Waals surface area (Å²) in [4.78, 5) is 24.4. The number of para-hydroxylation sites is 2. The fraction of sp³-hybridized carbons (Fsp3) is 0.0714. The van der Waals surface area contributed by atoms with Crippen molar-refractivity contribution in [1.29, 1.82) is 0 Å². The Bertz CT molecular complexity index is 992. The lowest BCUT2D eigenvalue weighted by Gasteiger charge is -2.07. The maximum absolute atomic E-state index is 13.4. The predicted octanol–water partition coefficient (Wildman–Crippen LogP) is 4.40. The summed E-state index contributed by atoms with van der Waals surface area (Å²) in [7, 11) is 0. The van der Waals surface area contributed by atoms with Crippen LogP contribution in [0.1, 0.15) is 6.55 Å². The molecule has 0 spiro atoms. The number of fused-ring (bicyclic) bond motifs is 1. The number of nitro benzene ring substituents is 2. The summed E-state index contributed by atoms with van der Waals surface area (Å²) in [5.41, 5.74) is -0.509. The molecule has 8 nitrogen and oxygen atoms in total. The lowest BCUT2D eigenvalue weighted by atomic mass is 10.3. The van der Waals surface area contributed by atoms with E-state index in [0.717, 1.165) is 18.2 Å². The molecular formula is C14H8F2N4O4S. The summed E-state index contributed by atoms with van der Waals surface area (Å²) < 4.78 is 27.5. The summed E-state index contributed by atoms with van der Waals surface area (Å²) in [6.07, 6.45) is 0. The number of alkyl halides is 2. The molecule has 0 fully saturated rings. The Labute approximate surface area is 142 Å². The molecule has 0 saturated carbocycles. The van der Waals surface area contributed by atoms with Crippen LogP contribution in [-0.2, 0) is 0 Å². The second-order valence-corrected chi connectivity index (χ2v) is 5.81. The first-order valence-corrected chi connectivity index (χ1v) is 7.56. The Morgan fingerprint density at radius 1 is 1.08 bits per heavy atom. The molecule has 0 unspecified atom stereocenters. The van der Waals surface area contributed by atoms with Crippen molar-refractivity contribution in [2.24, 2.45) is 0 Å². The molecule has 25 heavy (non-hydrogen) atoms. The fourth-order valence-corrected chi connectivity index (χ4v) is 3.22. The first-order chi connectivity index (χ1) is 11.9. The molecule has 128 valence electrons. The Morgan fingerprint density at radius 3 is 2.44 bits per heavy atom. The van der Waals surface area contributed by atoms with Gasteiger partial charge in [0.15, 0.2) is 5.16 Å². The number of aromatic nitrogens is 2. The molecule has 0 saturated heterocycles. The van der Waals surface area contributed by atoms with Crippen LogP contribution in [0.15, 0.2) is 52.5 Å². The predicted molar refractivity (Wildman–Crippen MR) is 84.9 cm³/mol. The van der Waals surface area contributed by atoms with Gasteiger partial charge in [-0.25, -0.2) is 4.98 Å². The number of benzene rings is 2. The summed E-state index contributed by atoms with van der Waals surface area (Å²) in [5, 5.41) is 21.8. The number of hydrogen-bond acceptors (Lipinski definition) is 6. The summed E-state index contributed by atoms with van der Waals surface area (Å²) >= 11 is 0.651. The Kier molecular flexibility index (Phi) is 4.31. The SMILES string of the molecule is O=[N+]([O-])c1ccc(Sc2nc3ccccc3n2C(F)F)c([N+](=O)[O-])c1. The van der Waals surface area contributed by atoms with E-state index in [1.54, 1.807) is 18.2 Å². The smallest absolute Gasteiger partial charge is 0.261 e. The second-order valence-electron chi connectivity index (χ2n) is 4.80. The third kappa shape index (κ3) is 3.13. The highest BCUT2D eigenvalue weighted by molar-refractivity contribution is 7.99. The van der Waals surface area contributed by atoms with Crippen molar-refractivity contribution in [3.63, 3.8) is 0 Å². The molecular weight excluding hydrogens is 358 g/mol. The topological polar surface area (TPSA) is 104 Å². The maximum Gasteiger partial charge on any atom is 0.321 e. The highest BCUT2D eigenvalue weighted by atomic mass is 32.2. The van der Waals surface area contributed by atoms with Gasteiger partial charge in [-0.05, 0) is 30.0 Å². The van der Waals surface area contributed by atoms with E-state index >= 15 is 0 Å². The summed E-state index contributed by atoms with van der Waals surface area (Å²) in [5.74, 6) is 0. The largest absolute Gasteiger partial charge is 0.321 e. The van der Waals surface area contributed by atoms with Crippen LogP contribution in [0.4, 0.5) is 20.2 Å². The zero-order valence-corrected chi connectivity index (χ0v) is 13.0. The number of non-ortho nitro benzene ring substituents is 1. The van der Waals surface area contributed by atoms with Crippen molar-refractivity contribution in [1.82, 2.24) is 9.55 Å². The minimum absolute atomic E-state index is 0.0205. The lowest BCUT2D eigenvalue weighted by Crippen LogP contribution is -2.00. The van der Waals surface area contributed by atoms with E-state index < -0.39 is 27.8 Å². The van der Waals surface area contributed by atoms with Crippen LogP contribution in [0, 0.1) is 20.2 Å². The Morgan fingerprint density at radius 2 is 1.80 bits per heavy atom. The van der Waals surface area contributed by atoms with Crippen LogP contribution in [0.2, 0.25) is 0 Å². The van der Waals surface area contributed by atoms with E-state index in [4.69, 9.17) is 0 Å². The molecule has 0 amide bonds. The zero-order chi connectivity index (χ0) is 18.1. The van der Waals surface area contributed by atoms with E-state index in [1.807, 2.05) is 0 Å². The van der Waals surface area contributed by atoms with Crippen molar-refractivity contribution in [2.75, 3.05) is 0 Å². The average molecular weight is 366 g/mol. The minimum atomic E-state index is -2.90. The Hall–Kier alpha value is -3.08. The molecule has 0 aliphatic carbocycles. The molecule has 0 bridgehead atoms. The molecule has 0 radical (unpaired) electrons. The molecule has 11 heteroatoms. The highest BCUT2D eigenvalue weighted by Gasteiger charge is 2.24. The van der Waals surface area contributed by atoms with Gasteiger partial charge in [-0.1, -0.05) is 12.1 Å². The lowest BCUT2D eigenvalue weighted by molar-refractivity contribution is -0.396. The molecule has 2 aromatic carbocycles. The summed E-state index contributed by atoms with van der Waals surface area (Å²) in [6, 6.07) is 9.23. The van der Waals surface area contributed by atoms with Crippen molar-refractivity contribution < 1.29 is 18.6 Å². The van der Waals surface area contributed by atoms with Crippen LogP contribution in [0.5, 0.6) is 0 Å². The van der Waals surface area contributed by atoms with Crippen LogP contribution in [0.25, 0.3) is 11.0 Å². The van der Waals surface area contributed by atoms with Crippen molar-refractivity contribution >= 4 is 34.2 Å². The number of nitrogens with zero attached hydrogens (tertiary/aromatic N) is 4. The second kappa shape index (κ2) is 6.43. The third-order valence-electron chi connectivity index (χ3n) is 3.31. The Balaban J connectivity index is 2.11. The number of imidazole rings is 1. The molecule has 0 N–H and O–H groups in total. The van der Waals surface area contributed by atoms with Gasteiger partial charge >= 0.3 is 6.55 Å². The van der Waals surface area contributed by atoms with Crippen molar-refractivity contribution in [3.8, 4) is 0 Å².